The van der Waals surface area contributed by atoms with E-state index in [0.29, 0.717) is 0 Å². The second-order valence-corrected chi connectivity index (χ2v) is 21.5. The van der Waals surface area contributed by atoms with Gasteiger partial charge < -0.3 is 4.90 Å². The van der Waals surface area contributed by atoms with Gasteiger partial charge in [0.25, 0.3) is 0 Å². The molecule has 0 atom stereocenters. The number of nitrogens with zero attached hydrogens (tertiary/aromatic N) is 1. The maximum absolute atomic E-state index is 2.59. The third-order valence-electron chi connectivity index (χ3n) is 17.4. The molecule has 0 aromatic heterocycles. The molecular weight excluding hydrogens is 915 g/mol. The third-order valence-corrected chi connectivity index (χ3v) is 17.4. The van der Waals surface area contributed by atoms with Gasteiger partial charge in [-0.1, -0.05) is 257 Å². The molecule has 1 heteroatoms. The average Bonchev–Trinajstić information content (AvgIpc) is 4.09. The van der Waals surface area contributed by atoms with Crippen molar-refractivity contribution < 1.29 is 0 Å². The summed E-state index contributed by atoms with van der Waals surface area (Å²) in [5, 5.41) is 2.52. The SMILES string of the molecule is CC1(C)c2cc(-c3ccc4ccccc4c3)ccc2-c2ccc(N(c3ccc4c(c3)C(c3ccccc3)(c3ccccc3)c3ccccc3-4)c3cccc4c3-c3ccccc3C4(c3ccccc3)c3ccccc3)cc21. The molecule has 0 aliphatic heterocycles. The lowest BCUT2D eigenvalue weighted by molar-refractivity contribution is 0.660. The molecule has 1 nitrogen and oxygen atoms in total. The summed E-state index contributed by atoms with van der Waals surface area (Å²) in [6.07, 6.45) is 0. The Morgan fingerprint density at radius 3 is 1.28 bits per heavy atom. The second kappa shape index (κ2) is 16.9. The molecule has 0 fully saturated rings. The molecule has 0 saturated carbocycles. The van der Waals surface area contributed by atoms with E-state index in [2.05, 4.69) is 304 Å². The smallest absolute Gasteiger partial charge is 0.0714 e. The fourth-order valence-corrected chi connectivity index (χ4v) is 14.1. The van der Waals surface area contributed by atoms with E-state index in [1.807, 2.05) is 0 Å². The van der Waals surface area contributed by atoms with Gasteiger partial charge in [0.2, 0.25) is 0 Å². The summed E-state index contributed by atoms with van der Waals surface area (Å²) in [5.41, 5.74) is 24.9. The van der Waals surface area contributed by atoms with Crippen molar-refractivity contribution in [2.45, 2.75) is 30.1 Å². The molecule has 0 saturated heterocycles. The highest BCUT2D eigenvalue weighted by Crippen LogP contribution is 2.62. The van der Waals surface area contributed by atoms with E-state index in [1.165, 1.54) is 111 Å². The maximum atomic E-state index is 2.59. The number of fused-ring (bicyclic) bond motifs is 10. The number of benzene rings is 12. The van der Waals surface area contributed by atoms with Gasteiger partial charge in [0.05, 0.1) is 16.5 Å². The zero-order valence-corrected chi connectivity index (χ0v) is 42.6. The molecule has 358 valence electrons. The molecule has 0 radical (unpaired) electrons. The highest BCUT2D eigenvalue weighted by atomic mass is 15.1. The van der Waals surface area contributed by atoms with Crippen molar-refractivity contribution in [2.75, 3.05) is 4.90 Å². The van der Waals surface area contributed by atoms with Crippen LogP contribution >= 0.6 is 0 Å². The van der Waals surface area contributed by atoms with Crippen molar-refractivity contribution in [3.63, 3.8) is 0 Å². The van der Waals surface area contributed by atoms with Gasteiger partial charge >= 0.3 is 0 Å². The minimum absolute atomic E-state index is 0.282. The second-order valence-electron chi connectivity index (χ2n) is 21.5. The number of rotatable bonds is 8. The van der Waals surface area contributed by atoms with E-state index in [9.17, 15) is 0 Å². The van der Waals surface area contributed by atoms with E-state index in [-0.39, 0.29) is 5.41 Å². The first-order chi connectivity index (χ1) is 37.5. The van der Waals surface area contributed by atoms with Crippen LogP contribution in [-0.4, -0.2) is 0 Å². The summed E-state index contributed by atoms with van der Waals surface area (Å²) >= 11 is 0. The minimum atomic E-state index is -0.568. The topological polar surface area (TPSA) is 3.24 Å². The van der Waals surface area contributed by atoms with E-state index >= 15 is 0 Å². The van der Waals surface area contributed by atoms with E-state index < -0.39 is 10.8 Å². The van der Waals surface area contributed by atoms with E-state index in [4.69, 9.17) is 0 Å². The molecule has 0 bridgehead atoms. The fourth-order valence-electron chi connectivity index (χ4n) is 14.1. The average molecular weight is 968 g/mol. The van der Waals surface area contributed by atoms with Gasteiger partial charge in [0.1, 0.15) is 0 Å². The van der Waals surface area contributed by atoms with Crippen LogP contribution in [0.1, 0.15) is 69.5 Å². The van der Waals surface area contributed by atoms with Crippen molar-refractivity contribution >= 4 is 27.8 Å². The predicted octanol–water partition coefficient (Wildman–Crippen LogP) is 19.0. The van der Waals surface area contributed by atoms with Gasteiger partial charge in [0, 0.05) is 22.4 Å². The fraction of sp³-hybridized carbons (Fsp3) is 0.0667. The Labute approximate surface area is 445 Å². The summed E-state index contributed by atoms with van der Waals surface area (Å²) in [7, 11) is 0. The number of hydrogen-bond acceptors (Lipinski definition) is 1. The molecule has 0 spiro atoms. The summed E-state index contributed by atoms with van der Waals surface area (Å²) in [4.78, 5) is 2.59. The van der Waals surface area contributed by atoms with Crippen LogP contribution in [0.15, 0.2) is 285 Å². The minimum Gasteiger partial charge on any atom is -0.310 e. The van der Waals surface area contributed by atoms with Gasteiger partial charge in [-0.05, 0) is 148 Å². The molecule has 0 amide bonds. The molecule has 0 heterocycles. The standard InChI is InChI=1S/C75H53N/c1-73(2)68-47-53(52-39-38-50-22-15-16-23-51(50)46-52)40-43-61(68)62-44-41-58(48-69(62)73)76(59-42-45-63-60-32-17-19-34-65(60)75(70(63)49-59,56-28-11-5-12-29-56)57-30-13-6-14-31-57)71-37-21-36-67-72(71)64-33-18-20-35-66(64)74(67,54-24-7-3-8-25-54)55-26-9-4-10-27-55/h3-49H,1-2H3. The first-order valence-electron chi connectivity index (χ1n) is 26.7. The summed E-state index contributed by atoms with van der Waals surface area (Å²) < 4.78 is 0. The van der Waals surface area contributed by atoms with Gasteiger partial charge in [-0.3, -0.25) is 0 Å². The van der Waals surface area contributed by atoms with Crippen LogP contribution in [0.3, 0.4) is 0 Å². The van der Waals surface area contributed by atoms with Crippen LogP contribution in [0.2, 0.25) is 0 Å². The van der Waals surface area contributed by atoms with Crippen LogP contribution < -0.4 is 4.90 Å². The highest BCUT2D eigenvalue weighted by molar-refractivity contribution is 5.99. The Morgan fingerprint density at radius 1 is 0.263 bits per heavy atom. The lowest BCUT2D eigenvalue weighted by Crippen LogP contribution is -2.29. The van der Waals surface area contributed by atoms with Gasteiger partial charge in [-0.25, -0.2) is 0 Å². The monoisotopic (exact) mass is 967 g/mol. The van der Waals surface area contributed by atoms with E-state index in [0.717, 1.165) is 17.1 Å². The Bertz CT molecular complexity index is 4170. The molecule has 12 aromatic carbocycles. The molecule has 0 N–H and O–H groups in total. The predicted molar refractivity (Wildman–Crippen MR) is 316 cm³/mol. The van der Waals surface area contributed by atoms with Crippen LogP contribution in [0.25, 0.3) is 55.3 Å². The maximum Gasteiger partial charge on any atom is 0.0714 e. The highest BCUT2D eigenvalue weighted by Gasteiger charge is 2.49. The van der Waals surface area contributed by atoms with Crippen LogP contribution in [0.5, 0.6) is 0 Å². The Hall–Kier alpha value is -9.30. The van der Waals surface area contributed by atoms with Crippen molar-refractivity contribution in [2.24, 2.45) is 0 Å². The Balaban J connectivity index is 0.989. The van der Waals surface area contributed by atoms with Crippen molar-refractivity contribution in [1.82, 2.24) is 0 Å². The van der Waals surface area contributed by atoms with Crippen LogP contribution in [0.4, 0.5) is 17.1 Å². The molecular formula is C75H53N. The lowest BCUT2D eigenvalue weighted by Gasteiger charge is -2.36. The molecule has 3 aliphatic rings. The van der Waals surface area contributed by atoms with Crippen LogP contribution in [-0.2, 0) is 16.2 Å². The quantitative estimate of drug-likeness (QED) is 0.147. The number of hydrogen-bond donors (Lipinski definition) is 0. The normalized spacial score (nSPS) is 14.5. The van der Waals surface area contributed by atoms with Gasteiger partial charge in [-0.15, -0.1) is 0 Å². The van der Waals surface area contributed by atoms with Gasteiger partial charge in [0.15, 0.2) is 0 Å². The lowest BCUT2D eigenvalue weighted by atomic mass is 9.67. The largest absolute Gasteiger partial charge is 0.310 e. The van der Waals surface area contributed by atoms with Crippen LogP contribution in [0, 0.1) is 0 Å². The first-order valence-corrected chi connectivity index (χ1v) is 26.7. The molecule has 12 aromatic rings. The van der Waals surface area contributed by atoms with Gasteiger partial charge in [-0.2, -0.15) is 0 Å². The Kier molecular flexibility index (Phi) is 9.81. The molecule has 76 heavy (non-hydrogen) atoms. The van der Waals surface area contributed by atoms with Crippen molar-refractivity contribution in [3.8, 4) is 44.5 Å². The zero-order chi connectivity index (χ0) is 50.6. The Morgan fingerprint density at radius 2 is 0.671 bits per heavy atom. The van der Waals surface area contributed by atoms with Crippen molar-refractivity contribution in [3.05, 3.63) is 341 Å². The molecule has 0 unspecified atom stereocenters. The third kappa shape index (κ3) is 6.20. The summed E-state index contributed by atoms with van der Waals surface area (Å²) in [5.74, 6) is 0. The van der Waals surface area contributed by atoms with Crippen molar-refractivity contribution in [1.29, 1.82) is 0 Å². The summed E-state index contributed by atoms with van der Waals surface area (Å²) in [6.45, 7) is 4.84. The zero-order valence-electron chi connectivity index (χ0n) is 42.6. The first kappa shape index (κ1) is 44.2. The summed E-state index contributed by atoms with van der Waals surface area (Å²) in [6, 6.07) is 107. The van der Waals surface area contributed by atoms with E-state index in [1.54, 1.807) is 0 Å². The molecule has 15 rings (SSSR count). The number of anilines is 3. The molecule has 3 aliphatic carbocycles.